The third-order valence-electron chi connectivity index (χ3n) is 6.88. The quantitative estimate of drug-likeness (QED) is 0.256. The molecule has 43 heavy (non-hydrogen) atoms. The van der Waals surface area contributed by atoms with Gasteiger partial charge < -0.3 is 4.90 Å². The van der Waals surface area contributed by atoms with E-state index in [2.05, 4.69) is 9.97 Å². The first-order valence-corrected chi connectivity index (χ1v) is 14.8. The molecule has 2 aromatic carbocycles. The predicted octanol–water partition coefficient (Wildman–Crippen LogP) is 4.38. The number of hydrogen-bond donors (Lipinski definition) is 0. The summed E-state index contributed by atoms with van der Waals surface area (Å²) in [4.78, 5) is 37.0. The van der Waals surface area contributed by atoms with E-state index in [0.29, 0.717) is 23.8 Å². The van der Waals surface area contributed by atoms with E-state index in [1.807, 2.05) is 6.07 Å². The molecule has 1 atom stereocenters. The zero-order valence-corrected chi connectivity index (χ0v) is 23.8. The molecule has 0 aliphatic heterocycles. The summed E-state index contributed by atoms with van der Waals surface area (Å²) in [5.41, 5.74) is -1.62. The lowest BCUT2D eigenvalue weighted by Gasteiger charge is -2.30. The van der Waals surface area contributed by atoms with Gasteiger partial charge in [0.1, 0.15) is 11.6 Å². The molecule has 0 unspecified atom stereocenters. The number of pyridine rings is 1. The number of carbonyl (C=O) groups is 1. The summed E-state index contributed by atoms with van der Waals surface area (Å²) >= 11 is 0. The van der Waals surface area contributed by atoms with E-state index in [-0.39, 0.29) is 28.3 Å². The first-order valence-electron chi connectivity index (χ1n) is 13.0. The largest absolute Gasteiger partial charge is 0.416 e. The van der Waals surface area contributed by atoms with Crippen molar-refractivity contribution in [3.05, 3.63) is 99.5 Å². The molecule has 224 valence electrons. The molecule has 0 bridgehead atoms. The predicted molar refractivity (Wildman–Crippen MR) is 149 cm³/mol. The summed E-state index contributed by atoms with van der Waals surface area (Å²) in [7, 11) is -3.63. The third-order valence-corrected chi connectivity index (χ3v) is 8.57. The van der Waals surface area contributed by atoms with Crippen molar-refractivity contribution in [2.45, 2.75) is 32.5 Å². The zero-order valence-electron chi connectivity index (χ0n) is 23.0. The smallest absolute Gasteiger partial charge is 0.331 e. The second-order valence-electron chi connectivity index (χ2n) is 9.62. The Balaban J connectivity index is 1.86. The van der Waals surface area contributed by atoms with Crippen LogP contribution < -0.4 is 5.56 Å². The molecule has 0 saturated carbocycles. The monoisotopic (exact) mass is 615 g/mol. The van der Waals surface area contributed by atoms with Crippen LogP contribution in [0.1, 0.15) is 42.4 Å². The van der Waals surface area contributed by atoms with Crippen molar-refractivity contribution in [1.29, 1.82) is 5.26 Å². The highest BCUT2D eigenvalue weighted by Crippen LogP contribution is 2.31. The molecule has 4 aromatic rings. The number of rotatable bonds is 9. The van der Waals surface area contributed by atoms with Crippen molar-refractivity contribution in [2.75, 3.05) is 18.1 Å². The molecule has 9 nitrogen and oxygen atoms in total. The van der Waals surface area contributed by atoms with Crippen molar-refractivity contribution in [3.8, 4) is 11.8 Å². The van der Waals surface area contributed by atoms with Gasteiger partial charge in [0.15, 0.2) is 15.5 Å². The number of aromatic nitrogens is 3. The average molecular weight is 616 g/mol. The summed E-state index contributed by atoms with van der Waals surface area (Å²) in [6.07, 6.45) is -4.20. The highest BCUT2D eigenvalue weighted by molar-refractivity contribution is 7.91. The number of amides is 1. The molecule has 0 spiro atoms. The number of nitriles is 1. The molecule has 0 aliphatic carbocycles. The summed E-state index contributed by atoms with van der Waals surface area (Å²) in [6, 6.07) is 11.5. The maximum atomic E-state index is 14.6. The number of benzene rings is 2. The maximum absolute atomic E-state index is 14.6. The minimum atomic E-state index is -4.78. The Hall–Kier alpha value is -4.64. The molecular formula is C29H25F4N5O4S. The molecule has 2 aromatic heterocycles. The SMILES string of the molecule is CCS(=O)(=O)CCN(C(=O)Cc1cc(C(F)(F)F)ccc1F)[C@H](C)c1nc2ncccc2c(=O)n1-c1ccc(C#N)cc1. The van der Waals surface area contributed by atoms with E-state index >= 15 is 0 Å². The van der Waals surface area contributed by atoms with Gasteiger partial charge in [-0.05, 0) is 67.1 Å². The van der Waals surface area contributed by atoms with Crippen molar-refractivity contribution in [1.82, 2.24) is 19.4 Å². The molecule has 0 radical (unpaired) electrons. The van der Waals surface area contributed by atoms with Crippen LogP contribution >= 0.6 is 0 Å². The Bertz CT molecular complexity index is 1880. The molecule has 14 heteroatoms. The van der Waals surface area contributed by atoms with E-state index < -0.39 is 69.2 Å². The fourth-order valence-corrected chi connectivity index (χ4v) is 5.22. The number of halogens is 4. The number of carbonyl (C=O) groups excluding carboxylic acids is 1. The van der Waals surface area contributed by atoms with Gasteiger partial charge in [0.05, 0.1) is 46.5 Å². The minimum absolute atomic E-state index is 0.0346. The zero-order chi connectivity index (χ0) is 31.5. The van der Waals surface area contributed by atoms with E-state index in [0.717, 1.165) is 4.90 Å². The molecular weight excluding hydrogens is 590 g/mol. The molecule has 0 fully saturated rings. The molecule has 2 heterocycles. The maximum Gasteiger partial charge on any atom is 0.416 e. The second kappa shape index (κ2) is 12.3. The standard InChI is InChI=1S/C29H25F4N5O4S/c1-3-43(41,42)14-13-37(25(39)16-20-15-21(29(31,32)33)8-11-24(20)30)18(2)27-36-26-23(5-4-12-35-26)28(40)38(27)22-9-6-19(17-34)7-10-22/h4-12,15,18H,3,13-14,16H2,1-2H3/t18-/m1/s1. The molecule has 0 N–H and O–H groups in total. The first kappa shape index (κ1) is 31.3. The summed E-state index contributed by atoms with van der Waals surface area (Å²) in [5, 5.41) is 9.34. The van der Waals surface area contributed by atoms with Crippen LogP contribution in [0.15, 0.2) is 65.6 Å². The minimum Gasteiger partial charge on any atom is -0.331 e. The Morgan fingerprint density at radius 2 is 1.84 bits per heavy atom. The van der Waals surface area contributed by atoms with Gasteiger partial charge in [0, 0.05) is 18.5 Å². The van der Waals surface area contributed by atoms with Crippen LogP contribution in [-0.4, -0.2) is 51.8 Å². The van der Waals surface area contributed by atoms with E-state index in [1.54, 1.807) is 0 Å². The van der Waals surface area contributed by atoms with Gasteiger partial charge in [-0.3, -0.25) is 14.2 Å². The second-order valence-corrected chi connectivity index (χ2v) is 12.1. The Morgan fingerprint density at radius 3 is 2.47 bits per heavy atom. The molecule has 0 saturated heterocycles. The molecule has 1 amide bonds. The van der Waals surface area contributed by atoms with Crippen molar-refractivity contribution in [3.63, 3.8) is 0 Å². The van der Waals surface area contributed by atoms with Crippen LogP contribution in [0.25, 0.3) is 16.7 Å². The fraction of sp³-hybridized carbons (Fsp3) is 0.276. The molecule has 0 aliphatic rings. The lowest BCUT2D eigenvalue weighted by atomic mass is 10.1. The Kier molecular flexibility index (Phi) is 8.96. The highest BCUT2D eigenvalue weighted by Gasteiger charge is 2.33. The fourth-order valence-electron chi connectivity index (χ4n) is 4.46. The van der Waals surface area contributed by atoms with Crippen LogP contribution in [0.2, 0.25) is 0 Å². The number of hydrogen-bond acceptors (Lipinski definition) is 7. The topological polar surface area (TPSA) is 126 Å². The average Bonchev–Trinajstić information content (AvgIpc) is 2.97. The Labute approximate surface area is 244 Å². The molecule has 4 rings (SSSR count). The van der Waals surface area contributed by atoms with Crippen LogP contribution in [0.4, 0.5) is 17.6 Å². The van der Waals surface area contributed by atoms with Gasteiger partial charge >= 0.3 is 6.18 Å². The van der Waals surface area contributed by atoms with Gasteiger partial charge in [-0.1, -0.05) is 6.92 Å². The van der Waals surface area contributed by atoms with E-state index in [1.165, 1.54) is 61.0 Å². The van der Waals surface area contributed by atoms with Crippen LogP contribution in [-0.2, 0) is 27.2 Å². The van der Waals surface area contributed by atoms with Gasteiger partial charge in [0.2, 0.25) is 5.91 Å². The normalized spacial score (nSPS) is 12.6. The van der Waals surface area contributed by atoms with Crippen LogP contribution in [0.3, 0.4) is 0 Å². The third kappa shape index (κ3) is 6.89. The number of nitrogens with zero attached hydrogens (tertiary/aromatic N) is 5. The van der Waals surface area contributed by atoms with E-state index in [9.17, 15) is 40.8 Å². The first-order chi connectivity index (χ1) is 20.3. The number of alkyl halides is 3. The van der Waals surface area contributed by atoms with Gasteiger partial charge in [-0.15, -0.1) is 0 Å². The van der Waals surface area contributed by atoms with E-state index in [4.69, 9.17) is 0 Å². The lowest BCUT2D eigenvalue weighted by Crippen LogP contribution is -2.41. The van der Waals surface area contributed by atoms with Crippen molar-refractivity contribution >= 4 is 26.8 Å². The van der Waals surface area contributed by atoms with Gasteiger partial charge in [0.25, 0.3) is 5.56 Å². The summed E-state index contributed by atoms with van der Waals surface area (Å²) in [6.45, 7) is 2.47. The summed E-state index contributed by atoms with van der Waals surface area (Å²) < 4.78 is 80.5. The number of fused-ring (bicyclic) bond motifs is 1. The highest BCUT2D eigenvalue weighted by atomic mass is 32.2. The van der Waals surface area contributed by atoms with Gasteiger partial charge in [-0.2, -0.15) is 18.4 Å². The van der Waals surface area contributed by atoms with Crippen molar-refractivity contribution < 1.29 is 30.8 Å². The summed E-state index contributed by atoms with van der Waals surface area (Å²) in [5.74, 6) is -2.71. The Morgan fingerprint density at radius 1 is 1.14 bits per heavy atom. The van der Waals surface area contributed by atoms with Crippen molar-refractivity contribution in [2.24, 2.45) is 0 Å². The van der Waals surface area contributed by atoms with Crippen LogP contribution in [0.5, 0.6) is 0 Å². The van der Waals surface area contributed by atoms with Gasteiger partial charge in [-0.25, -0.2) is 22.8 Å². The van der Waals surface area contributed by atoms with Crippen LogP contribution in [0, 0.1) is 17.1 Å². The number of sulfone groups is 1. The lowest BCUT2D eigenvalue weighted by molar-refractivity contribution is -0.138.